The molecule has 8 heteroatoms. The van der Waals surface area contributed by atoms with E-state index in [-0.39, 0.29) is 5.91 Å². The van der Waals surface area contributed by atoms with Crippen LogP contribution < -0.4 is 20.7 Å². The van der Waals surface area contributed by atoms with Gasteiger partial charge in [-0.05, 0) is 62.8 Å². The molecule has 3 amide bonds. The van der Waals surface area contributed by atoms with Gasteiger partial charge in [0.2, 0.25) is 0 Å². The smallest absolute Gasteiger partial charge is 0.278 e. The van der Waals surface area contributed by atoms with Crippen LogP contribution in [-0.2, 0) is 22.4 Å². The summed E-state index contributed by atoms with van der Waals surface area (Å²) >= 11 is 1.40. The molecule has 2 aliphatic rings. The third kappa shape index (κ3) is 3.83. The third-order valence-electron chi connectivity index (χ3n) is 5.60. The van der Waals surface area contributed by atoms with Crippen molar-refractivity contribution in [2.45, 2.75) is 45.1 Å². The lowest BCUT2D eigenvalue weighted by molar-refractivity contribution is -0.143. The van der Waals surface area contributed by atoms with Gasteiger partial charge in [0.1, 0.15) is 10.8 Å². The fourth-order valence-electron chi connectivity index (χ4n) is 3.86. The number of ether oxygens (including phenoxy) is 1. The number of benzene rings is 1. The van der Waals surface area contributed by atoms with E-state index in [2.05, 4.69) is 22.5 Å². The van der Waals surface area contributed by atoms with E-state index < -0.39 is 17.4 Å². The van der Waals surface area contributed by atoms with E-state index in [1.807, 2.05) is 13.0 Å². The summed E-state index contributed by atoms with van der Waals surface area (Å²) < 4.78 is 5.85. The zero-order valence-corrected chi connectivity index (χ0v) is 18.4. The number of thiophene rings is 1. The highest BCUT2D eigenvalue weighted by molar-refractivity contribution is 7.17. The van der Waals surface area contributed by atoms with Crippen molar-refractivity contribution in [3.8, 4) is 5.75 Å². The van der Waals surface area contributed by atoms with E-state index in [9.17, 15) is 14.4 Å². The number of fused-ring (bicyclic) bond motifs is 2. The predicted molar refractivity (Wildman–Crippen MR) is 121 cm³/mol. The monoisotopic (exact) mass is 439 g/mol. The maximum Gasteiger partial charge on any atom is 0.278 e. The second-order valence-electron chi connectivity index (χ2n) is 7.96. The molecule has 1 aliphatic carbocycles. The Morgan fingerprint density at radius 3 is 2.87 bits per heavy atom. The molecule has 4 rings (SSSR count). The predicted octanol–water partition coefficient (Wildman–Crippen LogP) is 3.58. The number of carbonyl (C=O) groups is 3. The minimum absolute atomic E-state index is 0.255. The number of amides is 3. The zero-order chi connectivity index (χ0) is 22.2. The molecule has 0 saturated carbocycles. The molecule has 7 nitrogen and oxygen atoms in total. The van der Waals surface area contributed by atoms with E-state index in [4.69, 9.17) is 4.74 Å². The van der Waals surface area contributed by atoms with E-state index in [0.29, 0.717) is 28.5 Å². The summed E-state index contributed by atoms with van der Waals surface area (Å²) in [4.78, 5) is 40.0. The van der Waals surface area contributed by atoms with Crippen molar-refractivity contribution in [2.24, 2.45) is 0 Å². The molecule has 0 spiro atoms. The van der Waals surface area contributed by atoms with Crippen LogP contribution in [0.3, 0.4) is 0 Å². The normalized spacial score (nSPS) is 19.4. The van der Waals surface area contributed by atoms with Crippen LogP contribution in [-0.4, -0.2) is 29.9 Å². The van der Waals surface area contributed by atoms with Crippen LogP contribution in [0.25, 0.3) is 0 Å². The number of rotatable bonds is 5. The average Bonchev–Trinajstić information content (AvgIpc) is 3.11. The summed E-state index contributed by atoms with van der Waals surface area (Å²) in [5.74, 6) is -0.999. The van der Waals surface area contributed by atoms with E-state index in [1.165, 1.54) is 18.3 Å². The SMILES string of the molecule is C=CCNC(=O)c1c(NC(=O)C2(C)Oc3ccc(C)cc3NC2=O)sc2c1CCCC2. The molecule has 1 unspecified atom stereocenters. The Kier molecular flexibility index (Phi) is 5.58. The number of aryl methyl sites for hydroxylation is 2. The molecule has 1 aromatic carbocycles. The molecule has 0 bridgehead atoms. The average molecular weight is 440 g/mol. The van der Waals surface area contributed by atoms with E-state index >= 15 is 0 Å². The summed E-state index contributed by atoms with van der Waals surface area (Å²) in [7, 11) is 0. The minimum Gasteiger partial charge on any atom is -0.466 e. The molecule has 31 heavy (non-hydrogen) atoms. The first-order valence-corrected chi connectivity index (χ1v) is 11.1. The Balaban J connectivity index is 1.64. The van der Waals surface area contributed by atoms with Crippen molar-refractivity contribution in [1.82, 2.24) is 5.32 Å². The van der Waals surface area contributed by atoms with Gasteiger partial charge in [0.05, 0.1) is 11.3 Å². The zero-order valence-electron chi connectivity index (χ0n) is 17.6. The Bertz CT molecular complexity index is 1090. The van der Waals surface area contributed by atoms with Crippen molar-refractivity contribution in [3.63, 3.8) is 0 Å². The second-order valence-corrected chi connectivity index (χ2v) is 9.06. The molecule has 0 radical (unpaired) electrons. The van der Waals surface area contributed by atoms with Crippen LogP contribution in [0.4, 0.5) is 10.7 Å². The first-order chi connectivity index (χ1) is 14.8. The molecule has 1 atom stereocenters. The van der Waals surface area contributed by atoms with Crippen molar-refractivity contribution in [3.05, 3.63) is 52.4 Å². The van der Waals surface area contributed by atoms with Gasteiger partial charge in [-0.25, -0.2) is 0 Å². The molecule has 3 N–H and O–H groups in total. The fourth-order valence-corrected chi connectivity index (χ4v) is 5.14. The molecule has 0 fully saturated rings. The summed E-state index contributed by atoms with van der Waals surface area (Å²) in [6.07, 6.45) is 5.32. The fraction of sp³-hybridized carbons (Fsp3) is 0.348. The Morgan fingerprint density at radius 2 is 2.10 bits per heavy atom. The van der Waals surface area contributed by atoms with Crippen molar-refractivity contribution < 1.29 is 19.1 Å². The van der Waals surface area contributed by atoms with Crippen molar-refractivity contribution >= 4 is 39.7 Å². The van der Waals surface area contributed by atoms with Gasteiger partial charge in [0.15, 0.2) is 0 Å². The van der Waals surface area contributed by atoms with Gasteiger partial charge in [0.25, 0.3) is 23.3 Å². The molecular formula is C23H25N3O4S. The molecule has 162 valence electrons. The largest absolute Gasteiger partial charge is 0.466 e. The number of carbonyl (C=O) groups excluding carboxylic acids is 3. The molecule has 2 aromatic rings. The number of anilines is 2. The molecule has 1 aromatic heterocycles. The summed E-state index contributed by atoms with van der Waals surface area (Å²) in [5, 5.41) is 8.83. The highest BCUT2D eigenvalue weighted by atomic mass is 32.1. The van der Waals surface area contributed by atoms with E-state index in [1.54, 1.807) is 18.2 Å². The maximum atomic E-state index is 13.2. The topological polar surface area (TPSA) is 96.5 Å². The van der Waals surface area contributed by atoms with Gasteiger partial charge in [-0.3, -0.25) is 14.4 Å². The van der Waals surface area contributed by atoms with Crippen molar-refractivity contribution in [1.29, 1.82) is 0 Å². The van der Waals surface area contributed by atoms with E-state index in [0.717, 1.165) is 41.7 Å². The lowest BCUT2D eigenvalue weighted by Crippen LogP contribution is -2.56. The van der Waals surface area contributed by atoms with Gasteiger partial charge in [-0.1, -0.05) is 12.1 Å². The third-order valence-corrected chi connectivity index (χ3v) is 6.80. The van der Waals surface area contributed by atoms with Crippen LogP contribution in [0.1, 0.15) is 46.1 Å². The highest BCUT2D eigenvalue weighted by Crippen LogP contribution is 2.40. The summed E-state index contributed by atoms with van der Waals surface area (Å²) in [6, 6.07) is 5.37. The minimum atomic E-state index is -1.76. The Morgan fingerprint density at radius 1 is 1.32 bits per heavy atom. The van der Waals surface area contributed by atoms with Gasteiger partial charge < -0.3 is 20.7 Å². The number of nitrogens with one attached hydrogen (secondary N) is 3. The summed E-state index contributed by atoms with van der Waals surface area (Å²) in [5.41, 5.74) is 1.20. The molecular weight excluding hydrogens is 414 g/mol. The second kappa shape index (κ2) is 8.19. The number of hydrogen-bond acceptors (Lipinski definition) is 5. The molecule has 0 saturated heterocycles. The van der Waals surface area contributed by atoms with Gasteiger partial charge in [0, 0.05) is 11.4 Å². The first kappa shape index (κ1) is 21.1. The van der Waals surface area contributed by atoms with Crippen LogP contribution in [0.15, 0.2) is 30.9 Å². The van der Waals surface area contributed by atoms with Gasteiger partial charge >= 0.3 is 0 Å². The van der Waals surface area contributed by atoms with Crippen LogP contribution in [0, 0.1) is 6.92 Å². The number of hydrogen-bond donors (Lipinski definition) is 3. The van der Waals surface area contributed by atoms with Crippen LogP contribution in [0.2, 0.25) is 0 Å². The lowest BCUT2D eigenvalue weighted by atomic mass is 9.95. The maximum absolute atomic E-state index is 13.2. The Labute approximate surface area is 184 Å². The highest BCUT2D eigenvalue weighted by Gasteiger charge is 2.48. The van der Waals surface area contributed by atoms with Gasteiger partial charge in [-0.2, -0.15) is 0 Å². The molecule has 1 aliphatic heterocycles. The first-order valence-electron chi connectivity index (χ1n) is 10.3. The molecule has 2 heterocycles. The van der Waals surface area contributed by atoms with Gasteiger partial charge in [-0.15, -0.1) is 17.9 Å². The van der Waals surface area contributed by atoms with Crippen LogP contribution in [0.5, 0.6) is 5.75 Å². The van der Waals surface area contributed by atoms with Crippen molar-refractivity contribution in [2.75, 3.05) is 17.2 Å². The van der Waals surface area contributed by atoms with Crippen LogP contribution >= 0.6 is 11.3 Å². The quantitative estimate of drug-likeness (QED) is 0.490. The Hall–Kier alpha value is -3.13. The lowest BCUT2D eigenvalue weighted by Gasteiger charge is -2.33. The standard InChI is InChI=1S/C23H25N3O4S/c1-4-11-24-19(27)18-14-7-5-6-8-17(14)31-20(18)26-22(29)23(3)21(28)25-15-12-13(2)9-10-16(15)30-23/h4,9-10,12H,1,5-8,11H2,2-3H3,(H,24,27)(H,25,28)(H,26,29). The summed E-state index contributed by atoms with van der Waals surface area (Å²) in [6.45, 7) is 7.30.